The fourth-order valence-electron chi connectivity index (χ4n) is 4.77. The zero-order valence-electron chi connectivity index (χ0n) is 19.0. The van der Waals surface area contributed by atoms with Gasteiger partial charge in [0.15, 0.2) is 0 Å². The SMILES string of the molecule is CCCCCCCCCCCCN1C(CCC)=NC2=CN(C)c3ccccc3C21. The minimum atomic E-state index is 0.322. The molecule has 0 saturated carbocycles. The summed E-state index contributed by atoms with van der Waals surface area (Å²) >= 11 is 0. The van der Waals surface area contributed by atoms with Gasteiger partial charge < -0.3 is 9.80 Å². The molecule has 0 aliphatic carbocycles. The number of nitrogens with zero attached hydrogens (tertiary/aromatic N) is 3. The fraction of sp³-hybridized carbons (Fsp3) is 0.654. The molecule has 0 spiro atoms. The molecule has 0 saturated heterocycles. The second-order valence-electron chi connectivity index (χ2n) is 8.78. The van der Waals surface area contributed by atoms with Crippen LogP contribution >= 0.6 is 0 Å². The van der Waals surface area contributed by atoms with E-state index in [1.165, 1.54) is 87.0 Å². The molecule has 160 valence electrons. The normalized spacial score (nSPS) is 17.8. The molecule has 1 aromatic rings. The van der Waals surface area contributed by atoms with Gasteiger partial charge in [-0.25, -0.2) is 4.99 Å². The minimum absolute atomic E-state index is 0.322. The van der Waals surface area contributed by atoms with Gasteiger partial charge in [0.1, 0.15) is 11.9 Å². The van der Waals surface area contributed by atoms with Crippen LogP contribution in [0.3, 0.4) is 0 Å². The summed E-state index contributed by atoms with van der Waals surface area (Å²) in [5, 5.41) is 0. The van der Waals surface area contributed by atoms with E-state index in [9.17, 15) is 0 Å². The Bertz CT molecular complexity index is 691. The van der Waals surface area contributed by atoms with Crippen molar-refractivity contribution in [2.45, 2.75) is 96.9 Å². The van der Waals surface area contributed by atoms with Crippen LogP contribution in [0.25, 0.3) is 0 Å². The molecule has 3 nitrogen and oxygen atoms in total. The van der Waals surface area contributed by atoms with E-state index in [2.05, 4.69) is 61.2 Å². The molecule has 0 bridgehead atoms. The van der Waals surface area contributed by atoms with E-state index >= 15 is 0 Å². The monoisotopic (exact) mass is 395 g/mol. The highest BCUT2D eigenvalue weighted by Crippen LogP contribution is 2.43. The molecule has 1 aromatic carbocycles. The topological polar surface area (TPSA) is 18.8 Å². The molecular weight excluding hydrogens is 354 g/mol. The van der Waals surface area contributed by atoms with Crippen molar-refractivity contribution in [2.75, 3.05) is 18.5 Å². The maximum atomic E-state index is 5.06. The van der Waals surface area contributed by atoms with E-state index in [-0.39, 0.29) is 0 Å². The van der Waals surface area contributed by atoms with Gasteiger partial charge in [-0.3, -0.25) is 0 Å². The Kier molecular flexibility index (Phi) is 8.64. The second kappa shape index (κ2) is 11.4. The van der Waals surface area contributed by atoms with Crippen LogP contribution < -0.4 is 4.90 Å². The summed E-state index contributed by atoms with van der Waals surface area (Å²) in [6.45, 7) is 5.69. The Hall–Kier alpha value is -1.77. The zero-order chi connectivity index (χ0) is 20.5. The average Bonchev–Trinajstić information content (AvgIpc) is 3.07. The number of fused-ring (bicyclic) bond motifs is 3. The van der Waals surface area contributed by atoms with E-state index in [4.69, 9.17) is 4.99 Å². The lowest BCUT2D eigenvalue weighted by molar-refractivity contribution is 0.350. The maximum Gasteiger partial charge on any atom is 0.105 e. The number of aliphatic imine (C=N–C) groups is 1. The summed E-state index contributed by atoms with van der Waals surface area (Å²) < 4.78 is 0. The Morgan fingerprint density at radius 2 is 1.48 bits per heavy atom. The molecule has 1 unspecified atom stereocenters. The predicted molar refractivity (Wildman–Crippen MR) is 127 cm³/mol. The van der Waals surface area contributed by atoms with Crippen molar-refractivity contribution in [3.05, 3.63) is 41.7 Å². The summed E-state index contributed by atoms with van der Waals surface area (Å²) in [6, 6.07) is 9.16. The quantitative estimate of drug-likeness (QED) is 0.323. The van der Waals surface area contributed by atoms with Crippen LogP contribution in [0.2, 0.25) is 0 Å². The molecule has 0 amide bonds. The molecule has 1 atom stereocenters. The van der Waals surface area contributed by atoms with E-state index in [1.807, 2.05) is 0 Å². The highest BCUT2D eigenvalue weighted by molar-refractivity contribution is 5.88. The number of unbranched alkanes of at least 4 members (excludes halogenated alkanes) is 9. The number of para-hydroxylation sites is 1. The Morgan fingerprint density at radius 1 is 0.828 bits per heavy atom. The van der Waals surface area contributed by atoms with Crippen molar-refractivity contribution < 1.29 is 0 Å². The van der Waals surface area contributed by atoms with E-state index < -0.39 is 0 Å². The van der Waals surface area contributed by atoms with Crippen molar-refractivity contribution in [3.63, 3.8) is 0 Å². The van der Waals surface area contributed by atoms with Gasteiger partial charge >= 0.3 is 0 Å². The third-order valence-corrected chi connectivity index (χ3v) is 6.34. The van der Waals surface area contributed by atoms with Gasteiger partial charge in [-0.05, 0) is 18.9 Å². The molecule has 0 N–H and O–H groups in total. The lowest BCUT2D eigenvalue weighted by Crippen LogP contribution is -2.34. The van der Waals surface area contributed by atoms with Gasteiger partial charge in [0.2, 0.25) is 0 Å². The van der Waals surface area contributed by atoms with Crippen LogP contribution in [0.15, 0.2) is 41.2 Å². The van der Waals surface area contributed by atoms with E-state index in [0.717, 1.165) is 19.4 Å². The van der Waals surface area contributed by atoms with Crippen molar-refractivity contribution in [1.29, 1.82) is 0 Å². The highest BCUT2D eigenvalue weighted by Gasteiger charge is 2.36. The van der Waals surface area contributed by atoms with Crippen LogP contribution in [-0.4, -0.2) is 24.3 Å². The third kappa shape index (κ3) is 5.65. The molecule has 0 radical (unpaired) electrons. The van der Waals surface area contributed by atoms with Gasteiger partial charge in [-0.2, -0.15) is 0 Å². The Labute approximate surface area is 178 Å². The Morgan fingerprint density at radius 3 is 2.17 bits per heavy atom. The average molecular weight is 396 g/mol. The third-order valence-electron chi connectivity index (χ3n) is 6.34. The lowest BCUT2D eigenvalue weighted by Gasteiger charge is -2.34. The first-order valence-corrected chi connectivity index (χ1v) is 12.1. The van der Waals surface area contributed by atoms with Gasteiger partial charge in [0, 0.05) is 37.5 Å². The second-order valence-corrected chi connectivity index (χ2v) is 8.78. The van der Waals surface area contributed by atoms with Gasteiger partial charge in [0.05, 0.1) is 5.70 Å². The number of hydrogen-bond acceptors (Lipinski definition) is 3. The van der Waals surface area contributed by atoms with Crippen LogP contribution in [-0.2, 0) is 0 Å². The minimum Gasteiger partial charge on any atom is -0.349 e. The first-order valence-electron chi connectivity index (χ1n) is 12.1. The van der Waals surface area contributed by atoms with Crippen LogP contribution in [0, 0.1) is 0 Å². The molecule has 2 aliphatic heterocycles. The predicted octanol–water partition coefficient (Wildman–Crippen LogP) is 7.45. The molecule has 29 heavy (non-hydrogen) atoms. The first-order chi connectivity index (χ1) is 14.3. The zero-order valence-corrected chi connectivity index (χ0v) is 19.0. The summed E-state index contributed by atoms with van der Waals surface area (Å²) in [6.07, 6.45) is 18.4. The number of anilines is 1. The van der Waals surface area contributed by atoms with Gasteiger partial charge in [0.25, 0.3) is 0 Å². The van der Waals surface area contributed by atoms with Crippen molar-refractivity contribution in [1.82, 2.24) is 4.90 Å². The van der Waals surface area contributed by atoms with E-state index in [0.29, 0.717) is 6.04 Å². The molecule has 3 rings (SSSR count). The molecule has 0 fully saturated rings. The van der Waals surface area contributed by atoms with Gasteiger partial charge in [-0.1, -0.05) is 89.8 Å². The summed E-state index contributed by atoms with van der Waals surface area (Å²) in [5.74, 6) is 1.30. The van der Waals surface area contributed by atoms with Crippen molar-refractivity contribution in [2.24, 2.45) is 4.99 Å². The number of rotatable bonds is 13. The van der Waals surface area contributed by atoms with Crippen molar-refractivity contribution >= 4 is 11.5 Å². The first kappa shape index (κ1) is 21.9. The number of benzene rings is 1. The fourth-order valence-corrected chi connectivity index (χ4v) is 4.77. The Balaban J connectivity index is 1.50. The lowest BCUT2D eigenvalue weighted by atomic mass is 9.97. The summed E-state index contributed by atoms with van der Waals surface area (Å²) in [7, 11) is 2.14. The number of hydrogen-bond donors (Lipinski definition) is 0. The van der Waals surface area contributed by atoms with Crippen molar-refractivity contribution in [3.8, 4) is 0 Å². The summed E-state index contributed by atoms with van der Waals surface area (Å²) in [4.78, 5) is 9.89. The van der Waals surface area contributed by atoms with Crippen LogP contribution in [0.4, 0.5) is 5.69 Å². The largest absolute Gasteiger partial charge is 0.349 e. The highest BCUT2D eigenvalue weighted by atomic mass is 15.3. The molecule has 2 heterocycles. The van der Waals surface area contributed by atoms with Crippen LogP contribution in [0.1, 0.15) is 103 Å². The van der Waals surface area contributed by atoms with E-state index in [1.54, 1.807) is 0 Å². The summed E-state index contributed by atoms with van der Waals surface area (Å²) in [5.41, 5.74) is 3.96. The molecule has 2 aliphatic rings. The maximum absolute atomic E-state index is 5.06. The van der Waals surface area contributed by atoms with Crippen LogP contribution in [0.5, 0.6) is 0 Å². The standard InChI is InChI=1S/C26H41N3/c1-4-6-7-8-9-10-11-12-13-16-20-29-25(17-5-2)27-23-21-28(3)24-19-15-14-18-22(24)26(23)29/h14-15,18-19,21,26H,4-13,16-17,20H2,1-3H3. The smallest absolute Gasteiger partial charge is 0.105 e. The number of amidine groups is 1. The van der Waals surface area contributed by atoms with Gasteiger partial charge in [-0.15, -0.1) is 0 Å². The molecular formula is C26H41N3. The molecule has 0 aromatic heterocycles. The molecule has 3 heteroatoms.